The van der Waals surface area contributed by atoms with E-state index in [0.29, 0.717) is 13.2 Å². The van der Waals surface area contributed by atoms with E-state index in [1.807, 2.05) is 31.2 Å². The Kier molecular flexibility index (Phi) is 6.87. The average Bonchev–Trinajstić information content (AvgIpc) is 2.35. The number of hydrogen-bond donors (Lipinski definition) is 1. The molecule has 0 radical (unpaired) electrons. The van der Waals surface area contributed by atoms with E-state index >= 15 is 0 Å². The van der Waals surface area contributed by atoms with E-state index in [4.69, 9.17) is 9.47 Å². The standard InChI is InChI=1S/C14H21NO3/c1-3-17-14-7-5-13(6-8-14)11-15-9-4-10-18-12(2)16/h5-8,15H,3-4,9-11H2,1-2H3. The number of carbonyl (C=O) groups is 1. The highest BCUT2D eigenvalue weighted by Crippen LogP contribution is 2.11. The summed E-state index contributed by atoms with van der Waals surface area (Å²) in [5, 5.41) is 3.29. The van der Waals surface area contributed by atoms with Gasteiger partial charge in [0.05, 0.1) is 13.2 Å². The van der Waals surface area contributed by atoms with Gasteiger partial charge in [0.15, 0.2) is 0 Å². The smallest absolute Gasteiger partial charge is 0.302 e. The summed E-state index contributed by atoms with van der Waals surface area (Å²) in [7, 11) is 0. The van der Waals surface area contributed by atoms with E-state index in [-0.39, 0.29) is 5.97 Å². The van der Waals surface area contributed by atoms with Crippen LogP contribution in [0.1, 0.15) is 25.8 Å². The predicted molar refractivity (Wildman–Crippen MR) is 70.6 cm³/mol. The number of esters is 1. The second-order valence-corrected chi connectivity index (χ2v) is 3.95. The minimum Gasteiger partial charge on any atom is -0.494 e. The third-order valence-corrected chi connectivity index (χ3v) is 2.37. The Morgan fingerprint density at radius 3 is 2.61 bits per heavy atom. The van der Waals surface area contributed by atoms with Gasteiger partial charge in [0.1, 0.15) is 5.75 Å². The third kappa shape index (κ3) is 6.25. The van der Waals surface area contributed by atoms with E-state index < -0.39 is 0 Å². The molecule has 18 heavy (non-hydrogen) atoms. The molecule has 0 aliphatic heterocycles. The Morgan fingerprint density at radius 1 is 1.28 bits per heavy atom. The van der Waals surface area contributed by atoms with E-state index in [0.717, 1.165) is 25.3 Å². The summed E-state index contributed by atoms with van der Waals surface area (Å²) in [5.41, 5.74) is 1.21. The molecule has 0 heterocycles. The van der Waals surface area contributed by atoms with Crippen LogP contribution in [0.2, 0.25) is 0 Å². The highest BCUT2D eigenvalue weighted by atomic mass is 16.5. The molecule has 100 valence electrons. The van der Waals surface area contributed by atoms with Crippen LogP contribution in [0.15, 0.2) is 24.3 Å². The second kappa shape index (κ2) is 8.53. The summed E-state index contributed by atoms with van der Waals surface area (Å²) < 4.78 is 10.2. The Hall–Kier alpha value is -1.55. The number of nitrogens with one attached hydrogen (secondary N) is 1. The summed E-state index contributed by atoms with van der Waals surface area (Å²) >= 11 is 0. The Bertz CT molecular complexity index is 349. The van der Waals surface area contributed by atoms with Crippen LogP contribution >= 0.6 is 0 Å². The van der Waals surface area contributed by atoms with Gasteiger partial charge in [-0.3, -0.25) is 4.79 Å². The molecule has 4 heteroatoms. The van der Waals surface area contributed by atoms with Gasteiger partial charge in [-0.15, -0.1) is 0 Å². The van der Waals surface area contributed by atoms with Gasteiger partial charge in [0.25, 0.3) is 0 Å². The lowest BCUT2D eigenvalue weighted by molar-refractivity contribution is -0.141. The van der Waals surface area contributed by atoms with Crippen LogP contribution in [0, 0.1) is 0 Å². The molecule has 0 spiro atoms. The Balaban J connectivity index is 2.13. The van der Waals surface area contributed by atoms with E-state index in [2.05, 4.69) is 5.32 Å². The lowest BCUT2D eigenvalue weighted by Gasteiger charge is -2.07. The van der Waals surface area contributed by atoms with E-state index in [9.17, 15) is 4.79 Å². The lowest BCUT2D eigenvalue weighted by Crippen LogP contribution is -2.16. The number of rotatable bonds is 8. The van der Waals surface area contributed by atoms with Crippen molar-refractivity contribution in [3.05, 3.63) is 29.8 Å². The van der Waals surface area contributed by atoms with Crippen molar-refractivity contribution in [1.82, 2.24) is 5.32 Å². The molecule has 4 nitrogen and oxygen atoms in total. The van der Waals surface area contributed by atoms with Crippen molar-refractivity contribution in [3.8, 4) is 5.75 Å². The van der Waals surface area contributed by atoms with Gasteiger partial charge in [0.2, 0.25) is 0 Å². The van der Waals surface area contributed by atoms with Crippen molar-refractivity contribution in [2.24, 2.45) is 0 Å². The molecular formula is C14H21NO3. The predicted octanol–water partition coefficient (Wildman–Crippen LogP) is 2.13. The van der Waals surface area contributed by atoms with Gasteiger partial charge in [-0.05, 0) is 37.6 Å². The molecule has 1 aromatic carbocycles. The summed E-state index contributed by atoms with van der Waals surface area (Å²) in [6, 6.07) is 8.03. The van der Waals surface area contributed by atoms with Crippen LogP contribution in [-0.4, -0.2) is 25.7 Å². The Morgan fingerprint density at radius 2 is 2.00 bits per heavy atom. The van der Waals surface area contributed by atoms with E-state index in [1.165, 1.54) is 12.5 Å². The topological polar surface area (TPSA) is 47.6 Å². The van der Waals surface area contributed by atoms with Crippen LogP contribution in [-0.2, 0) is 16.1 Å². The van der Waals surface area contributed by atoms with E-state index in [1.54, 1.807) is 0 Å². The number of benzene rings is 1. The van der Waals surface area contributed by atoms with Crippen LogP contribution < -0.4 is 10.1 Å². The highest BCUT2D eigenvalue weighted by molar-refractivity contribution is 5.65. The van der Waals surface area contributed by atoms with Gasteiger partial charge in [-0.1, -0.05) is 12.1 Å². The van der Waals surface area contributed by atoms with Crippen LogP contribution in [0.5, 0.6) is 5.75 Å². The highest BCUT2D eigenvalue weighted by Gasteiger charge is 1.96. The molecular weight excluding hydrogens is 230 g/mol. The van der Waals surface area contributed by atoms with Gasteiger partial charge in [-0.2, -0.15) is 0 Å². The number of carbonyl (C=O) groups excluding carboxylic acids is 1. The maximum Gasteiger partial charge on any atom is 0.302 e. The molecule has 0 bridgehead atoms. The molecule has 0 unspecified atom stereocenters. The van der Waals surface area contributed by atoms with Crippen LogP contribution in [0.25, 0.3) is 0 Å². The maximum absolute atomic E-state index is 10.5. The molecule has 0 amide bonds. The molecule has 0 saturated heterocycles. The zero-order valence-electron chi connectivity index (χ0n) is 11.1. The fraction of sp³-hybridized carbons (Fsp3) is 0.500. The molecule has 0 aliphatic rings. The first-order valence-electron chi connectivity index (χ1n) is 6.28. The number of ether oxygens (including phenoxy) is 2. The van der Waals surface area contributed by atoms with Gasteiger partial charge in [0, 0.05) is 13.5 Å². The fourth-order valence-corrected chi connectivity index (χ4v) is 1.52. The zero-order valence-corrected chi connectivity index (χ0v) is 11.1. The van der Waals surface area contributed by atoms with Gasteiger partial charge in [-0.25, -0.2) is 0 Å². The minimum absolute atomic E-state index is 0.221. The lowest BCUT2D eigenvalue weighted by atomic mass is 10.2. The maximum atomic E-state index is 10.5. The van der Waals surface area contributed by atoms with Crippen molar-refractivity contribution in [3.63, 3.8) is 0 Å². The van der Waals surface area contributed by atoms with Gasteiger partial charge >= 0.3 is 5.97 Å². The normalized spacial score (nSPS) is 10.1. The van der Waals surface area contributed by atoms with Crippen LogP contribution in [0.4, 0.5) is 0 Å². The summed E-state index contributed by atoms with van der Waals surface area (Å²) in [4.78, 5) is 10.5. The van der Waals surface area contributed by atoms with Crippen molar-refractivity contribution in [2.75, 3.05) is 19.8 Å². The molecule has 0 saturated carbocycles. The van der Waals surface area contributed by atoms with Crippen molar-refractivity contribution >= 4 is 5.97 Å². The largest absolute Gasteiger partial charge is 0.494 e. The molecule has 0 aliphatic carbocycles. The molecule has 1 aromatic rings. The first-order chi connectivity index (χ1) is 8.72. The summed E-state index contributed by atoms with van der Waals surface area (Å²) in [5.74, 6) is 0.678. The monoisotopic (exact) mass is 251 g/mol. The molecule has 0 atom stereocenters. The third-order valence-electron chi connectivity index (χ3n) is 2.37. The first kappa shape index (κ1) is 14.5. The van der Waals surface area contributed by atoms with Crippen molar-refractivity contribution < 1.29 is 14.3 Å². The molecule has 0 aromatic heterocycles. The zero-order chi connectivity index (χ0) is 13.2. The SMILES string of the molecule is CCOc1ccc(CNCCCOC(C)=O)cc1. The summed E-state index contributed by atoms with van der Waals surface area (Å²) in [6.45, 7) is 6.21. The summed E-state index contributed by atoms with van der Waals surface area (Å²) in [6.07, 6.45) is 0.830. The van der Waals surface area contributed by atoms with Crippen molar-refractivity contribution in [1.29, 1.82) is 0 Å². The minimum atomic E-state index is -0.221. The molecule has 0 fully saturated rings. The van der Waals surface area contributed by atoms with Crippen molar-refractivity contribution in [2.45, 2.75) is 26.8 Å². The van der Waals surface area contributed by atoms with Gasteiger partial charge < -0.3 is 14.8 Å². The quantitative estimate of drug-likeness (QED) is 0.568. The Labute approximate surface area is 108 Å². The van der Waals surface area contributed by atoms with Crippen LogP contribution in [0.3, 0.4) is 0 Å². The fourth-order valence-electron chi connectivity index (χ4n) is 1.52. The average molecular weight is 251 g/mol. The molecule has 1 N–H and O–H groups in total. The molecule has 1 rings (SSSR count). The number of hydrogen-bond acceptors (Lipinski definition) is 4. The first-order valence-corrected chi connectivity index (χ1v) is 6.28. The second-order valence-electron chi connectivity index (χ2n) is 3.95.